The van der Waals surface area contributed by atoms with Gasteiger partial charge in [0.05, 0.1) is 9.80 Å². The molecule has 1 aliphatic rings. The van der Waals surface area contributed by atoms with Crippen LogP contribution >= 0.6 is 22.6 Å². The van der Waals surface area contributed by atoms with Crippen molar-refractivity contribution in [2.45, 2.75) is 30.3 Å². The molecular formula is C25H23IN2O4S. The smallest absolute Gasteiger partial charge is 0.206 e. The molecule has 1 aliphatic heterocycles. The maximum atomic E-state index is 13.7. The average molecular weight is 574 g/mol. The lowest BCUT2D eigenvalue weighted by Crippen LogP contribution is -2.27. The highest BCUT2D eigenvalue weighted by atomic mass is 127. The highest BCUT2D eigenvalue weighted by Gasteiger charge is 2.43. The lowest BCUT2D eigenvalue weighted by Gasteiger charge is -2.25. The van der Waals surface area contributed by atoms with E-state index < -0.39 is 15.4 Å². The van der Waals surface area contributed by atoms with Gasteiger partial charge in [0.15, 0.2) is 5.84 Å². The van der Waals surface area contributed by atoms with Gasteiger partial charge in [0.1, 0.15) is 11.4 Å². The van der Waals surface area contributed by atoms with Crippen molar-refractivity contribution in [1.29, 1.82) is 0 Å². The number of hydrogen-bond donors (Lipinski definition) is 2. The van der Waals surface area contributed by atoms with E-state index in [9.17, 15) is 8.42 Å². The Balaban J connectivity index is 1.76. The number of rotatable bonds is 6. The Bertz CT molecular complexity index is 1320. The van der Waals surface area contributed by atoms with Crippen molar-refractivity contribution in [2.24, 2.45) is 10.9 Å². The van der Waals surface area contributed by atoms with Crippen molar-refractivity contribution in [1.82, 2.24) is 0 Å². The van der Waals surface area contributed by atoms with Gasteiger partial charge in [-0.25, -0.2) is 8.42 Å². The van der Waals surface area contributed by atoms with Crippen LogP contribution in [0.3, 0.4) is 0 Å². The van der Waals surface area contributed by atoms with Gasteiger partial charge >= 0.3 is 0 Å². The Morgan fingerprint density at radius 2 is 1.70 bits per heavy atom. The number of hydrogen-bond acceptors (Lipinski definition) is 5. The van der Waals surface area contributed by atoms with Crippen LogP contribution in [-0.2, 0) is 21.0 Å². The zero-order chi connectivity index (χ0) is 23.6. The molecule has 1 atom stereocenters. The van der Waals surface area contributed by atoms with Gasteiger partial charge in [-0.3, -0.25) is 0 Å². The van der Waals surface area contributed by atoms with Crippen LogP contribution in [0.15, 0.2) is 93.8 Å². The van der Waals surface area contributed by atoms with Crippen LogP contribution in [0.4, 0.5) is 0 Å². The van der Waals surface area contributed by atoms with Crippen LogP contribution in [-0.4, -0.2) is 25.1 Å². The van der Waals surface area contributed by atoms with E-state index in [1.807, 2.05) is 61.5 Å². The van der Waals surface area contributed by atoms with Crippen LogP contribution in [0, 0.1) is 3.57 Å². The minimum atomic E-state index is -3.85. The van der Waals surface area contributed by atoms with E-state index in [-0.39, 0.29) is 22.1 Å². The van der Waals surface area contributed by atoms with Crippen LogP contribution in [0.1, 0.15) is 30.0 Å². The Morgan fingerprint density at radius 3 is 2.30 bits per heavy atom. The maximum Gasteiger partial charge on any atom is 0.206 e. The minimum absolute atomic E-state index is 0.0858. The summed E-state index contributed by atoms with van der Waals surface area (Å²) in [6.07, 6.45) is 0.816. The lowest BCUT2D eigenvalue weighted by atomic mass is 9.94. The first-order chi connectivity index (χ1) is 15.7. The molecule has 0 spiro atoms. The van der Waals surface area contributed by atoms with Crippen molar-refractivity contribution in [3.63, 3.8) is 0 Å². The van der Waals surface area contributed by atoms with E-state index in [1.54, 1.807) is 0 Å². The Morgan fingerprint density at radius 1 is 1.06 bits per heavy atom. The molecule has 4 rings (SSSR count). The quantitative estimate of drug-likeness (QED) is 0.143. The fourth-order valence-electron chi connectivity index (χ4n) is 3.93. The topological polar surface area (TPSA) is 102 Å². The Labute approximate surface area is 206 Å². The number of oxime groups is 1. The first kappa shape index (κ1) is 23.3. The Kier molecular flexibility index (Phi) is 6.49. The van der Waals surface area contributed by atoms with E-state index in [4.69, 9.17) is 15.7 Å². The first-order valence-corrected chi connectivity index (χ1v) is 12.8. The monoisotopic (exact) mass is 574 g/mol. The van der Waals surface area contributed by atoms with Crippen LogP contribution in [0.5, 0.6) is 0 Å². The van der Waals surface area contributed by atoms with Crippen molar-refractivity contribution < 1.29 is 18.4 Å². The fourth-order valence-corrected chi connectivity index (χ4v) is 5.97. The summed E-state index contributed by atoms with van der Waals surface area (Å²) >= 11 is 2.21. The third-order valence-corrected chi connectivity index (χ3v) is 8.15. The largest absolute Gasteiger partial charge is 0.485 e. The van der Waals surface area contributed by atoms with Gasteiger partial charge in [0.2, 0.25) is 9.84 Å². The van der Waals surface area contributed by atoms with Crippen molar-refractivity contribution in [3.8, 4) is 0 Å². The summed E-state index contributed by atoms with van der Waals surface area (Å²) in [5.74, 6) is 0.294. The molecule has 3 aromatic carbocycles. The normalized spacial score (nSPS) is 18.9. The standard InChI is InChI=1S/C25H23IN2O4S/c1-25(15-17-5-3-2-4-6-17)16-22(23(32-25)18-7-11-20(26)12-8-18)33(30,31)21-13-9-19(10-14-21)24(27)28-29/h2-14,29H,15-16H2,1H3,(H2,27,28). The highest BCUT2D eigenvalue weighted by molar-refractivity contribution is 14.1. The van der Waals surface area contributed by atoms with Crippen molar-refractivity contribution in [2.75, 3.05) is 0 Å². The van der Waals surface area contributed by atoms with Gasteiger partial charge in [-0.2, -0.15) is 0 Å². The molecule has 0 saturated carbocycles. The van der Waals surface area contributed by atoms with Gasteiger partial charge in [0, 0.05) is 27.5 Å². The molecule has 0 bridgehead atoms. The third-order valence-electron chi connectivity index (χ3n) is 5.56. The highest BCUT2D eigenvalue weighted by Crippen LogP contribution is 2.45. The van der Waals surface area contributed by atoms with E-state index in [0.29, 0.717) is 17.7 Å². The van der Waals surface area contributed by atoms with E-state index >= 15 is 0 Å². The van der Waals surface area contributed by atoms with Gasteiger partial charge in [-0.15, -0.1) is 0 Å². The molecule has 33 heavy (non-hydrogen) atoms. The molecule has 1 heterocycles. The summed E-state index contributed by atoms with van der Waals surface area (Å²) in [5, 5.41) is 11.8. The molecule has 3 aromatic rings. The summed E-state index contributed by atoms with van der Waals surface area (Å²) in [4.78, 5) is 0.376. The predicted octanol–water partition coefficient (Wildman–Crippen LogP) is 4.95. The van der Waals surface area contributed by atoms with Gasteiger partial charge in [-0.1, -0.05) is 47.6 Å². The second-order valence-electron chi connectivity index (χ2n) is 8.16. The Hall–Kier alpha value is -2.85. The first-order valence-electron chi connectivity index (χ1n) is 10.3. The average Bonchev–Trinajstić information content (AvgIpc) is 3.17. The summed E-state index contributed by atoms with van der Waals surface area (Å²) in [6, 6.07) is 23.5. The molecule has 0 amide bonds. The molecule has 0 aromatic heterocycles. The number of nitrogens with zero attached hydrogens (tertiary/aromatic N) is 1. The second-order valence-corrected chi connectivity index (χ2v) is 11.4. The fraction of sp³-hybridized carbons (Fsp3) is 0.160. The number of nitrogens with two attached hydrogens (primary N) is 1. The molecule has 3 N–H and O–H groups in total. The summed E-state index contributed by atoms with van der Waals surface area (Å²) < 4.78 is 34.9. The van der Waals surface area contributed by atoms with E-state index in [2.05, 4.69) is 27.7 Å². The van der Waals surface area contributed by atoms with Crippen molar-refractivity contribution >= 4 is 44.0 Å². The number of ether oxygens (including phenoxy) is 1. The lowest BCUT2D eigenvalue weighted by molar-refractivity contribution is 0.0800. The zero-order valence-electron chi connectivity index (χ0n) is 17.9. The van der Waals surface area contributed by atoms with Crippen LogP contribution in [0.25, 0.3) is 5.76 Å². The summed E-state index contributed by atoms with van der Waals surface area (Å²) in [5.41, 5.74) is 7.13. The molecule has 0 fully saturated rings. The molecule has 170 valence electrons. The van der Waals surface area contributed by atoms with Crippen molar-refractivity contribution in [3.05, 3.63) is 104 Å². The van der Waals surface area contributed by atoms with Gasteiger partial charge in [0.25, 0.3) is 0 Å². The number of halogens is 1. The molecule has 0 saturated heterocycles. The number of benzene rings is 3. The number of sulfone groups is 1. The van der Waals surface area contributed by atoms with E-state index in [0.717, 1.165) is 14.7 Å². The molecular weight excluding hydrogens is 551 g/mol. The molecule has 6 nitrogen and oxygen atoms in total. The summed E-state index contributed by atoms with van der Waals surface area (Å²) in [6.45, 7) is 1.94. The van der Waals surface area contributed by atoms with E-state index in [1.165, 1.54) is 24.3 Å². The van der Waals surface area contributed by atoms with Gasteiger partial charge in [-0.05, 0) is 71.5 Å². The molecule has 1 unspecified atom stereocenters. The second kappa shape index (κ2) is 9.18. The zero-order valence-corrected chi connectivity index (χ0v) is 20.9. The van der Waals surface area contributed by atoms with Crippen LogP contribution < -0.4 is 5.73 Å². The maximum absolute atomic E-state index is 13.7. The predicted molar refractivity (Wildman–Crippen MR) is 136 cm³/mol. The summed E-state index contributed by atoms with van der Waals surface area (Å²) in [7, 11) is -3.85. The molecule has 0 radical (unpaired) electrons. The number of amidine groups is 1. The third kappa shape index (κ3) is 4.91. The molecule has 8 heteroatoms. The van der Waals surface area contributed by atoms with Gasteiger partial charge < -0.3 is 15.7 Å². The SMILES string of the molecule is CC1(Cc2ccccc2)CC(S(=O)(=O)c2ccc(/C(N)=N\O)cc2)=C(c2ccc(I)cc2)O1. The minimum Gasteiger partial charge on any atom is -0.485 e. The molecule has 0 aliphatic carbocycles. The van der Waals surface area contributed by atoms with Crippen LogP contribution in [0.2, 0.25) is 0 Å².